The fourth-order valence-electron chi connectivity index (χ4n) is 3.00. The highest BCUT2D eigenvalue weighted by atomic mass is 35.5. The first-order valence-electron chi connectivity index (χ1n) is 9.32. The lowest BCUT2D eigenvalue weighted by Gasteiger charge is -2.33. The topological polar surface area (TPSA) is 82.1 Å². The zero-order valence-corrected chi connectivity index (χ0v) is 18.7. The minimum Gasteiger partial charge on any atom is -0.292 e. The number of rotatable bonds is 6. The van der Waals surface area contributed by atoms with Crippen LogP contribution in [0.1, 0.15) is 11.1 Å². The fourth-order valence-corrected chi connectivity index (χ4v) is 4.73. The molecule has 1 saturated heterocycles. The molecule has 0 radical (unpaired) electrons. The first-order valence-corrected chi connectivity index (χ1v) is 11.5. The largest absolute Gasteiger partial charge is 0.292 e. The van der Waals surface area contributed by atoms with E-state index >= 15 is 0 Å². The van der Waals surface area contributed by atoms with E-state index in [-0.39, 0.29) is 17.3 Å². The van der Waals surface area contributed by atoms with Crippen molar-refractivity contribution >= 4 is 45.3 Å². The zero-order chi connectivity index (χ0) is 21.7. The summed E-state index contributed by atoms with van der Waals surface area (Å²) in [6.07, 6.45) is 1.48. The first-order chi connectivity index (χ1) is 14.3. The van der Waals surface area contributed by atoms with Crippen LogP contribution in [0.15, 0.2) is 52.5 Å². The molecule has 0 aliphatic carbocycles. The van der Waals surface area contributed by atoms with E-state index in [1.54, 1.807) is 42.5 Å². The predicted molar refractivity (Wildman–Crippen MR) is 119 cm³/mol. The monoisotopic (exact) mass is 468 g/mol. The number of hydrogen-bond donors (Lipinski definition) is 1. The molecule has 1 heterocycles. The first kappa shape index (κ1) is 22.7. The number of nitrogens with zero attached hydrogens (tertiary/aromatic N) is 3. The van der Waals surface area contributed by atoms with Gasteiger partial charge in [-0.25, -0.2) is 13.8 Å². The fraction of sp³-hybridized carbons (Fsp3) is 0.300. The van der Waals surface area contributed by atoms with Crippen molar-refractivity contribution in [2.45, 2.75) is 11.8 Å². The maximum absolute atomic E-state index is 12.7. The van der Waals surface area contributed by atoms with Crippen LogP contribution in [0.2, 0.25) is 10.0 Å². The van der Waals surface area contributed by atoms with E-state index in [0.29, 0.717) is 41.8 Å². The quantitative estimate of drug-likeness (QED) is 0.521. The van der Waals surface area contributed by atoms with E-state index < -0.39 is 10.0 Å². The number of aryl methyl sites for hydroxylation is 1. The van der Waals surface area contributed by atoms with Gasteiger partial charge in [0, 0.05) is 26.2 Å². The highest BCUT2D eigenvalue weighted by Gasteiger charge is 2.28. The van der Waals surface area contributed by atoms with Gasteiger partial charge in [0.25, 0.3) is 5.91 Å². The number of piperazine rings is 1. The number of carbonyl (C=O) groups excluding carboxylic acids is 1. The molecule has 0 bridgehead atoms. The summed E-state index contributed by atoms with van der Waals surface area (Å²) < 4.78 is 26.9. The molecule has 2 aromatic rings. The number of nitrogens with one attached hydrogen (secondary N) is 1. The molecule has 0 saturated carbocycles. The lowest BCUT2D eigenvalue weighted by atomic mass is 10.2. The Morgan fingerprint density at radius 1 is 1.07 bits per heavy atom. The molecular formula is C20H22Cl2N4O3S. The molecule has 1 N–H and O–H groups in total. The van der Waals surface area contributed by atoms with Crippen LogP contribution in [-0.4, -0.2) is 62.5 Å². The van der Waals surface area contributed by atoms with Gasteiger partial charge in [0.05, 0.1) is 27.7 Å². The minimum atomic E-state index is -3.52. The van der Waals surface area contributed by atoms with Crippen LogP contribution >= 0.6 is 23.2 Å². The van der Waals surface area contributed by atoms with E-state index in [2.05, 4.69) is 10.5 Å². The molecule has 1 aliphatic heterocycles. The van der Waals surface area contributed by atoms with Crippen LogP contribution in [0.25, 0.3) is 0 Å². The van der Waals surface area contributed by atoms with Gasteiger partial charge in [-0.3, -0.25) is 9.69 Å². The molecule has 30 heavy (non-hydrogen) atoms. The van der Waals surface area contributed by atoms with Gasteiger partial charge in [-0.05, 0) is 36.8 Å². The van der Waals surface area contributed by atoms with Crippen molar-refractivity contribution in [1.29, 1.82) is 0 Å². The highest BCUT2D eigenvalue weighted by Crippen LogP contribution is 2.22. The minimum absolute atomic E-state index is 0.136. The highest BCUT2D eigenvalue weighted by molar-refractivity contribution is 7.89. The van der Waals surface area contributed by atoms with Crippen molar-refractivity contribution in [2.75, 3.05) is 32.7 Å². The van der Waals surface area contributed by atoms with Gasteiger partial charge >= 0.3 is 0 Å². The van der Waals surface area contributed by atoms with E-state index in [9.17, 15) is 13.2 Å². The summed E-state index contributed by atoms with van der Waals surface area (Å²) in [5.41, 5.74) is 4.18. The summed E-state index contributed by atoms with van der Waals surface area (Å²) in [6.45, 7) is 3.64. The molecule has 10 heteroatoms. The van der Waals surface area contributed by atoms with E-state index in [4.69, 9.17) is 23.2 Å². The maximum Gasteiger partial charge on any atom is 0.254 e. The number of amides is 1. The molecule has 160 valence electrons. The molecule has 2 aromatic carbocycles. The van der Waals surface area contributed by atoms with Crippen LogP contribution in [0.5, 0.6) is 0 Å². The predicted octanol–water partition coefficient (Wildman–Crippen LogP) is 2.76. The molecule has 7 nitrogen and oxygen atoms in total. The van der Waals surface area contributed by atoms with Crippen molar-refractivity contribution in [3.05, 3.63) is 63.6 Å². The summed E-state index contributed by atoms with van der Waals surface area (Å²) in [4.78, 5) is 14.3. The Bertz CT molecular complexity index is 1030. The number of hydrogen-bond acceptors (Lipinski definition) is 5. The Balaban J connectivity index is 1.48. The molecule has 1 amide bonds. The Morgan fingerprint density at radius 3 is 2.37 bits per heavy atom. The molecule has 0 atom stereocenters. The number of benzene rings is 2. The second-order valence-corrected chi connectivity index (χ2v) is 9.71. The summed E-state index contributed by atoms with van der Waals surface area (Å²) in [7, 11) is -3.52. The molecular weight excluding hydrogens is 447 g/mol. The number of halogens is 2. The Hall–Kier alpha value is -1.97. The van der Waals surface area contributed by atoms with Crippen LogP contribution in [-0.2, 0) is 14.8 Å². The lowest BCUT2D eigenvalue weighted by Crippen LogP contribution is -2.50. The molecule has 1 aliphatic rings. The van der Waals surface area contributed by atoms with E-state index in [0.717, 1.165) is 5.56 Å². The lowest BCUT2D eigenvalue weighted by molar-refractivity contribution is -0.122. The van der Waals surface area contributed by atoms with Crippen LogP contribution in [0.4, 0.5) is 0 Å². The average molecular weight is 469 g/mol. The third-order valence-corrected chi connectivity index (χ3v) is 7.36. The molecule has 0 unspecified atom stereocenters. The molecule has 3 rings (SSSR count). The number of hydrazone groups is 1. The van der Waals surface area contributed by atoms with Gasteiger partial charge in [-0.1, -0.05) is 47.0 Å². The van der Waals surface area contributed by atoms with Gasteiger partial charge in [-0.15, -0.1) is 0 Å². The second kappa shape index (κ2) is 9.89. The zero-order valence-electron chi connectivity index (χ0n) is 16.4. The van der Waals surface area contributed by atoms with Crippen molar-refractivity contribution in [3.63, 3.8) is 0 Å². The van der Waals surface area contributed by atoms with E-state index in [1.807, 2.05) is 11.8 Å². The second-order valence-electron chi connectivity index (χ2n) is 6.96. The van der Waals surface area contributed by atoms with Crippen LogP contribution in [0.3, 0.4) is 0 Å². The van der Waals surface area contributed by atoms with Crippen molar-refractivity contribution in [3.8, 4) is 0 Å². The summed E-state index contributed by atoms with van der Waals surface area (Å²) in [6, 6.07) is 11.8. The van der Waals surface area contributed by atoms with Gasteiger partial charge in [0.2, 0.25) is 10.0 Å². The normalized spacial score (nSPS) is 16.1. The van der Waals surface area contributed by atoms with Crippen molar-refractivity contribution < 1.29 is 13.2 Å². The molecule has 1 fully saturated rings. The Labute approximate surface area is 186 Å². The third-order valence-electron chi connectivity index (χ3n) is 4.70. The van der Waals surface area contributed by atoms with Crippen molar-refractivity contribution in [2.24, 2.45) is 5.10 Å². The summed E-state index contributed by atoms with van der Waals surface area (Å²) in [5, 5.41) is 4.77. The summed E-state index contributed by atoms with van der Waals surface area (Å²) >= 11 is 11.8. The van der Waals surface area contributed by atoms with Crippen LogP contribution in [0, 0.1) is 6.92 Å². The smallest absolute Gasteiger partial charge is 0.254 e. The van der Waals surface area contributed by atoms with Crippen LogP contribution < -0.4 is 5.43 Å². The van der Waals surface area contributed by atoms with Gasteiger partial charge in [0.15, 0.2) is 0 Å². The Kier molecular flexibility index (Phi) is 7.49. The van der Waals surface area contributed by atoms with Crippen molar-refractivity contribution in [1.82, 2.24) is 14.6 Å². The maximum atomic E-state index is 12.7. The molecule has 0 aromatic heterocycles. The number of sulfonamides is 1. The van der Waals surface area contributed by atoms with E-state index in [1.165, 1.54) is 10.5 Å². The standard InChI is InChI=1S/C20H22Cl2N4O3S/c1-15-2-5-17(6-3-15)30(28,29)26-10-8-25(9-11-26)14-20(27)24-23-13-16-4-7-18(21)19(22)12-16/h2-7,12-13H,8-11,14H2,1H3,(H,24,27)/b23-13+. The average Bonchev–Trinajstić information content (AvgIpc) is 2.71. The molecule has 0 spiro atoms. The third kappa shape index (κ3) is 5.80. The summed E-state index contributed by atoms with van der Waals surface area (Å²) in [5.74, 6) is -0.277. The van der Waals surface area contributed by atoms with Gasteiger partial charge in [0.1, 0.15) is 0 Å². The van der Waals surface area contributed by atoms with Gasteiger partial charge in [-0.2, -0.15) is 9.41 Å². The number of carbonyl (C=O) groups is 1. The Morgan fingerprint density at radius 2 is 1.73 bits per heavy atom. The SMILES string of the molecule is Cc1ccc(S(=O)(=O)N2CCN(CC(=O)N/N=C/c3ccc(Cl)c(Cl)c3)CC2)cc1. The van der Waals surface area contributed by atoms with Gasteiger partial charge < -0.3 is 0 Å².